The van der Waals surface area contributed by atoms with Gasteiger partial charge in [0.25, 0.3) is 5.91 Å². The van der Waals surface area contributed by atoms with E-state index in [-0.39, 0.29) is 5.91 Å². The van der Waals surface area contributed by atoms with E-state index in [2.05, 4.69) is 45.4 Å². The predicted octanol–water partition coefficient (Wildman–Crippen LogP) is 5.80. The molecule has 1 heterocycles. The number of aromatic nitrogens is 2. The molecule has 0 unspecified atom stereocenters. The number of rotatable bonds is 4. The topological polar surface area (TPSA) is 46.9 Å². The van der Waals surface area contributed by atoms with Crippen molar-refractivity contribution in [3.05, 3.63) is 93.2 Å². The van der Waals surface area contributed by atoms with Crippen molar-refractivity contribution < 1.29 is 4.79 Å². The molecule has 1 amide bonds. The summed E-state index contributed by atoms with van der Waals surface area (Å²) in [7, 11) is 1.97. The third kappa shape index (κ3) is 3.83. The van der Waals surface area contributed by atoms with Crippen LogP contribution in [0.2, 0.25) is 0 Å². The van der Waals surface area contributed by atoms with Gasteiger partial charge in [0, 0.05) is 40.4 Å². The van der Waals surface area contributed by atoms with E-state index in [1.165, 1.54) is 16.8 Å². The summed E-state index contributed by atoms with van der Waals surface area (Å²) in [5, 5.41) is 9.46. The predicted molar refractivity (Wildman–Crippen MR) is 122 cm³/mol. The molecule has 29 heavy (non-hydrogen) atoms. The van der Waals surface area contributed by atoms with Crippen molar-refractivity contribution in [3.63, 3.8) is 0 Å². The highest BCUT2D eigenvalue weighted by molar-refractivity contribution is 9.10. The van der Waals surface area contributed by atoms with Gasteiger partial charge in [0.2, 0.25) is 0 Å². The maximum Gasteiger partial charge on any atom is 0.256 e. The van der Waals surface area contributed by atoms with Crippen LogP contribution in [0.1, 0.15) is 32.9 Å². The normalized spacial score (nSPS) is 11.0. The molecule has 0 bridgehead atoms. The Morgan fingerprint density at radius 1 is 1.00 bits per heavy atom. The van der Waals surface area contributed by atoms with Crippen LogP contribution in [-0.4, -0.2) is 15.7 Å². The lowest BCUT2D eigenvalue weighted by Crippen LogP contribution is -2.12. The van der Waals surface area contributed by atoms with E-state index in [4.69, 9.17) is 0 Å². The molecular formula is C24H22BrN3O. The monoisotopic (exact) mass is 447 g/mol. The van der Waals surface area contributed by atoms with Crippen LogP contribution in [0.4, 0.5) is 5.69 Å². The van der Waals surface area contributed by atoms with Gasteiger partial charge in [-0.3, -0.25) is 9.48 Å². The van der Waals surface area contributed by atoms with Gasteiger partial charge in [0.1, 0.15) is 0 Å². The second-order valence-electron chi connectivity index (χ2n) is 7.24. The number of amides is 1. The van der Waals surface area contributed by atoms with E-state index >= 15 is 0 Å². The Kier molecular flexibility index (Phi) is 5.24. The Morgan fingerprint density at radius 2 is 1.69 bits per heavy atom. The van der Waals surface area contributed by atoms with Gasteiger partial charge in [-0.2, -0.15) is 5.10 Å². The fourth-order valence-electron chi connectivity index (χ4n) is 3.65. The Morgan fingerprint density at radius 3 is 2.38 bits per heavy atom. The molecule has 5 heteroatoms. The highest BCUT2D eigenvalue weighted by Crippen LogP contribution is 2.27. The van der Waals surface area contributed by atoms with E-state index in [0.717, 1.165) is 33.0 Å². The number of hydrogen-bond acceptors (Lipinski definition) is 2. The van der Waals surface area contributed by atoms with E-state index in [9.17, 15) is 4.79 Å². The minimum Gasteiger partial charge on any atom is -0.322 e. The van der Waals surface area contributed by atoms with Crippen LogP contribution in [0.15, 0.2) is 65.1 Å². The number of anilines is 1. The van der Waals surface area contributed by atoms with Crippen LogP contribution >= 0.6 is 15.9 Å². The Hall–Kier alpha value is -2.92. The maximum absolute atomic E-state index is 12.9. The summed E-state index contributed by atoms with van der Waals surface area (Å²) >= 11 is 3.56. The van der Waals surface area contributed by atoms with Crippen LogP contribution in [0.3, 0.4) is 0 Å². The second kappa shape index (κ2) is 7.84. The van der Waals surface area contributed by atoms with E-state index in [0.29, 0.717) is 5.56 Å². The van der Waals surface area contributed by atoms with E-state index in [1.807, 2.05) is 67.2 Å². The molecule has 146 valence electrons. The molecule has 0 spiro atoms. The maximum atomic E-state index is 12.9. The zero-order valence-corrected chi connectivity index (χ0v) is 18.2. The number of fused-ring (bicyclic) bond motifs is 1. The van der Waals surface area contributed by atoms with Crippen LogP contribution < -0.4 is 5.32 Å². The fraction of sp³-hybridized carbons (Fsp3) is 0.167. The zero-order valence-electron chi connectivity index (χ0n) is 16.7. The number of aryl methyl sites for hydroxylation is 2. The summed E-state index contributed by atoms with van der Waals surface area (Å²) in [6, 6.07) is 19.7. The van der Waals surface area contributed by atoms with Gasteiger partial charge in [-0.15, -0.1) is 0 Å². The average Bonchev–Trinajstić information content (AvgIpc) is 2.95. The summed E-state index contributed by atoms with van der Waals surface area (Å²) in [6.07, 6.45) is 0.830. The molecule has 0 saturated carbocycles. The molecule has 1 aromatic heterocycles. The van der Waals surface area contributed by atoms with Crippen molar-refractivity contribution in [2.24, 2.45) is 7.05 Å². The summed E-state index contributed by atoms with van der Waals surface area (Å²) in [5.74, 6) is -0.111. The molecule has 0 aliphatic rings. The van der Waals surface area contributed by atoms with Gasteiger partial charge in [-0.25, -0.2) is 0 Å². The van der Waals surface area contributed by atoms with Gasteiger partial charge in [0.15, 0.2) is 0 Å². The molecule has 0 saturated heterocycles. The Labute approximate surface area is 178 Å². The number of nitrogens with zero attached hydrogens (tertiary/aromatic N) is 2. The van der Waals surface area contributed by atoms with Gasteiger partial charge >= 0.3 is 0 Å². The summed E-state index contributed by atoms with van der Waals surface area (Å²) in [4.78, 5) is 12.9. The van der Waals surface area contributed by atoms with Crippen molar-refractivity contribution in [2.75, 3.05) is 5.32 Å². The zero-order chi connectivity index (χ0) is 20.5. The smallest absolute Gasteiger partial charge is 0.256 e. The van der Waals surface area contributed by atoms with Gasteiger partial charge < -0.3 is 5.32 Å². The first-order valence-corrected chi connectivity index (χ1v) is 10.3. The van der Waals surface area contributed by atoms with Gasteiger partial charge in [-0.05, 0) is 54.4 Å². The first-order valence-electron chi connectivity index (χ1n) is 9.50. The quantitative estimate of drug-likeness (QED) is 0.429. The molecule has 0 aliphatic carbocycles. The number of hydrogen-bond donors (Lipinski definition) is 1. The van der Waals surface area contributed by atoms with E-state index < -0.39 is 0 Å². The van der Waals surface area contributed by atoms with E-state index in [1.54, 1.807) is 0 Å². The average molecular weight is 448 g/mol. The molecule has 1 N–H and O–H groups in total. The third-order valence-electron chi connectivity index (χ3n) is 5.37. The van der Waals surface area contributed by atoms with Crippen LogP contribution in [0.5, 0.6) is 0 Å². The lowest BCUT2D eigenvalue weighted by atomic mass is 10.0. The summed E-state index contributed by atoms with van der Waals surface area (Å²) in [6.45, 7) is 4.13. The van der Waals surface area contributed by atoms with Crippen LogP contribution in [0, 0.1) is 13.8 Å². The van der Waals surface area contributed by atoms with Gasteiger partial charge in [-0.1, -0.05) is 52.3 Å². The lowest BCUT2D eigenvalue weighted by molar-refractivity contribution is 0.102. The molecule has 3 aromatic carbocycles. The molecule has 0 aliphatic heterocycles. The summed E-state index contributed by atoms with van der Waals surface area (Å²) in [5.41, 5.74) is 6.13. The number of carbonyl (C=O) groups excluding carboxylic acids is 1. The number of carbonyl (C=O) groups is 1. The Bertz CT molecular complexity index is 1210. The summed E-state index contributed by atoms with van der Waals surface area (Å²) < 4.78 is 2.90. The first-order chi connectivity index (χ1) is 13.9. The van der Waals surface area contributed by atoms with Crippen LogP contribution in [-0.2, 0) is 13.5 Å². The molecule has 0 radical (unpaired) electrons. The van der Waals surface area contributed by atoms with Gasteiger partial charge in [0.05, 0.1) is 5.69 Å². The molecule has 0 fully saturated rings. The molecule has 4 aromatic rings. The molecule has 4 rings (SSSR count). The lowest BCUT2D eigenvalue weighted by Gasteiger charge is -2.10. The van der Waals surface area contributed by atoms with Crippen molar-refractivity contribution in [2.45, 2.75) is 20.3 Å². The molecular weight excluding hydrogens is 426 g/mol. The van der Waals surface area contributed by atoms with Crippen LogP contribution in [0.25, 0.3) is 10.8 Å². The van der Waals surface area contributed by atoms with Crippen molar-refractivity contribution >= 4 is 38.3 Å². The minimum absolute atomic E-state index is 0.111. The largest absolute Gasteiger partial charge is 0.322 e. The van der Waals surface area contributed by atoms with Crippen molar-refractivity contribution in [3.8, 4) is 0 Å². The fourth-order valence-corrected chi connectivity index (χ4v) is 4.15. The number of benzene rings is 3. The highest BCUT2D eigenvalue weighted by atomic mass is 79.9. The minimum atomic E-state index is -0.111. The Balaban J connectivity index is 1.53. The number of halogens is 1. The van der Waals surface area contributed by atoms with Crippen molar-refractivity contribution in [1.82, 2.24) is 9.78 Å². The third-order valence-corrected chi connectivity index (χ3v) is 6.06. The second-order valence-corrected chi connectivity index (χ2v) is 8.10. The first kappa shape index (κ1) is 19.4. The highest BCUT2D eigenvalue weighted by Gasteiger charge is 2.12. The molecule has 0 atom stereocenters. The van der Waals surface area contributed by atoms with Crippen molar-refractivity contribution in [1.29, 1.82) is 0 Å². The SMILES string of the molecule is Cc1nn(C)c(C)c1Cc1ccc(NC(=O)c2cccc3c(Br)cccc23)cc1. The standard InChI is InChI=1S/C24H22BrN3O/c1-15-22(16(2)28(3)27-15)14-17-10-12-18(13-11-17)26-24(29)21-8-4-7-20-19(21)6-5-9-23(20)25/h4-13H,14H2,1-3H3,(H,26,29). The molecule has 4 nitrogen and oxygen atoms in total. The number of nitrogens with one attached hydrogen (secondary N) is 1.